The number of aromatic nitrogens is 2. The summed E-state index contributed by atoms with van der Waals surface area (Å²) in [4.78, 5) is 32.5. The summed E-state index contributed by atoms with van der Waals surface area (Å²) in [6, 6.07) is 11.6. The molecule has 1 atom stereocenters. The molecule has 5 nitrogen and oxygen atoms in total. The molecule has 0 aliphatic carbocycles. The Morgan fingerprint density at radius 3 is 2.77 bits per heavy atom. The van der Waals surface area contributed by atoms with E-state index in [0.29, 0.717) is 18.5 Å². The fraction of sp³-hybridized carbons (Fsp3) is 0.286. The Balaban J connectivity index is 1.79. The number of nitrogens with one attached hydrogen (secondary N) is 2. The summed E-state index contributed by atoms with van der Waals surface area (Å²) in [6.07, 6.45) is 3.32. The molecule has 0 saturated carbocycles. The highest BCUT2D eigenvalue weighted by Crippen LogP contribution is 2.31. The first-order valence-corrected chi connectivity index (χ1v) is 8.87. The standard InChI is InChI=1S/C21H21N3O2/c1-13-11-14(12-18-15(13)5-3-9-22-18)17-7-6-16(19(25)24-17)21(2)8-4-10-23-20(21)26/h3,5-7,9,11-12H,4,8,10H2,1-2H3,(H,23,26)(H,24,25). The van der Waals surface area contributed by atoms with Crippen molar-refractivity contribution in [2.75, 3.05) is 6.54 Å². The summed E-state index contributed by atoms with van der Waals surface area (Å²) in [5.41, 5.74) is 3.19. The maximum Gasteiger partial charge on any atom is 0.252 e. The number of benzene rings is 1. The molecule has 0 radical (unpaired) electrons. The highest BCUT2D eigenvalue weighted by atomic mass is 16.2. The number of fused-ring (bicyclic) bond motifs is 1. The quantitative estimate of drug-likeness (QED) is 0.748. The zero-order valence-corrected chi connectivity index (χ0v) is 14.9. The van der Waals surface area contributed by atoms with Gasteiger partial charge in [-0.25, -0.2) is 0 Å². The number of carbonyl (C=O) groups is 1. The second-order valence-corrected chi connectivity index (χ2v) is 7.17. The molecular formula is C21H21N3O2. The van der Waals surface area contributed by atoms with Crippen LogP contribution in [0.2, 0.25) is 0 Å². The van der Waals surface area contributed by atoms with E-state index in [1.54, 1.807) is 12.3 Å². The van der Waals surface area contributed by atoms with E-state index in [9.17, 15) is 9.59 Å². The topological polar surface area (TPSA) is 74.8 Å². The van der Waals surface area contributed by atoms with Gasteiger partial charge in [-0.1, -0.05) is 12.1 Å². The van der Waals surface area contributed by atoms with E-state index in [1.807, 2.05) is 44.2 Å². The minimum Gasteiger partial charge on any atom is -0.355 e. The lowest BCUT2D eigenvalue weighted by molar-refractivity contribution is -0.128. The van der Waals surface area contributed by atoms with Crippen molar-refractivity contribution in [3.8, 4) is 11.3 Å². The number of H-pyrrole nitrogens is 1. The number of amides is 1. The number of rotatable bonds is 2. The van der Waals surface area contributed by atoms with Gasteiger partial charge in [0.1, 0.15) is 0 Å². The predicted molar refractivity (Wildman–Crippen MR) is 102 cm³/mol. The highest BCUT2D eigenvalue weighted by Gasteiger charge is 2.39. The number of carbonyl (C=O) groups excluding carboxylic acids is 1. The second-order valence-electron chi connectivity index (χ2n) is 7.17. The number of hydrogen-bond acceptors (Lipinski definition) is 3. The maximum absolute atomic E-state index is 12.8. The van der Waals surface area contributed by atoms with Crippen LogP contribution in [-0.4, -0.2) is 22.4 Å². The Bertz CT molecular complexity index is 1070. The Hall–Kier alpha value is -2.95. The molecule has 1 unspecified atom stereocenters. The Morgan fingerprint density at radius 1 is 1.15 bits per heavy atom. The molecule has 1 amide bonds. The first kappa shape index (κ1) is 16.5. The number of aryl methyl sites for hydroxylation is 1. The fourth-order valence-electron chi connectivity index (χ4n) is 3.81. The molecule has 1 aliphatic heterocycles. The van der Waals surface area contributed by atoms with Crippen molar-refractivity contribution in [2.24, 2.45) is 0 Å². The summed E-state index contributed by atoms with van der Waals surface area (Å²) in [6.45, 7) is 4.55. The molecule has 2 N–H and O–H groups in total. The number of pyridine rings is 2. The summed E-state index contributed by atoms with van der Waals surface area (Å²) < 4.78 is 0. The molecular weight excluding hydrogens is 326 g/mol. The zero-order valence-electron chi connectivity index (χ0n) is 14.9. The van der Waals surface area contributed by atoms with Gasteiger partial charge < -0.3 is 10.3 Å². The molecule has 3 heterocycles. The first-order valence-electron chi connectivity index (χ1n) is 8.87. The summed E-state index contributed by atoms with van der Waals surface area (Å²) >= 11 is 0. The van der Waals surface area contributed by atoms with E-state index in [1.165, 1.54) is 0 Å². The highest BCUT2D eigenvalue weighted by molar-refractivity contribution is 5.89. The number of piperidine rings is 1. The molecule has 0 spiro atoms. The minimum atomic E-state index is -0.773. The van der Waals surface area contributed by atoms with Crippen LogP contribution in [0.1, 0.15) is 30.9 Å². The van der Waals surface area contributed by atoms with E-state index in [2.05, 4.69) is 15.3 Å². The molecule has 1 saturated heterocycles. The summed E-state index contributed by atoms with van der Waals surface area (Å²) in [5.74, 6) is -0.0762. The second kappa shape index (κ2) is 6.09. The van der Waals surface area contributed by atoms with Crippen molar-refractivity contribution >= 4 is 16.8 Å². The van der Waals surface area contributed by atoms with Gasteiger partial charge in [-0.2, -0.15) is 0 Å². The molecule has 4 rings (SSSR count). The van der Waals surface area contributed by atoms with Gasteiger partial charge in [0.15, 0.2) is 0 Å². The van der Waals surface area contributed by atoms with Crippen molar-refractivity contribution in [2.45, 2.75) is 32.1 Å². The third kappa shape index (κ3) is 2.60. The normalized spacial score (nSPS) is 20.2. The molecule has 1 aliphatic rings. The number of hydrogen-bond donors (Lipinski definition) is 2. The lowest BCUT2D eigenvalue weighted by Gasteiger charge is -2.32. The van der Waals surface area contributed by atoms with Crippen molar-refractivity contribution in [1.29, 1.82) is 0 Å². The van der Waals surface area contributed by atoms with Crippen molar-refractivity contribution in [1.82, 2.24) is 15.3 Å². The van der Waals surface area contributed by atoms with Gasteiger partial charge in [-0.15, -0.1) is 0 Å². The summed E-state index contributed by atoms with van der Waals surface area (Å²) in [7, 11) is 0. The van der Waals surface area contributed by atoms with E-state index in [4.69, 9.17) is 0 Å². The lowest BCUT2D eigenvalue weighted by Crippen LogP contribution is -2.49. The molecule has 1 aromatic carbocycles. The molecule has 26 heavy (non-hydrogen) atoms. The van der Waals surface area contributed by atoms with Crippen LogP contribution >= 0.6 is 0 Å². The summed E-state index contributed by atoms with van der Waals surface area (Å²) in [5, 5.41) is 3.97. The average molecular weight is 347 g/mol. The van der Waals surface area contributed by atoms with Gasteiger partial charge in [0.2, 0.25) is 5.91 Å². The Labute approximate surface area is 151 Å². The average Bonchev–Trinajstić information content (AvgIpc) is 2.64. The van der Waals surface area contributed by atoms with E-state index < -0.39 is 5.41 Å². The third-order valence-corrected chi connectivity index (χ3v) is 5.38. The lowest BCUT2D eigenvalue weighted by atomic mass is 9.76. The molecule has 1 fully saturated rings. The largest absolute Gasteiger partial charge is 0.355 e. The van der Waals surface area contributed by atoms with Crippen LogP contribution in [0.5, 0.6) is 0 Å². The van der Waals surface area contributed by atoms with E-state index in [-0.39, 0.29) is 11.5 Å². The van der Waals surface area contributed by atoms with Crippen LogP contribution in [-0.2, 0) is 10.2 Å². The monoisotopic (exact) mass is 347 g/mol. The smallest absolute Gasteiger partial charge is 0.252 e. The van der Waals surface area contributed by atoms with Crippen LogP contribution in [0.4, 0.5) is 0 Å². The van der Waals surface area contributed by atoms with Crippen molar-refractivity contribution in [3.05, 3.63) is 64.1 Å². The third-order valence-electron chi connectivity index (χ3n) is 5.38. The number of nitrogens with zero attached hydrogens (tertiary/aromatic N) is 1. The first-order chi connectivity index (χ1) is 12.5. The van der Waals surface area contributed by atoms with Crippen molar-refractivity contribution in [3.63, 3.8) is 0 Å². The van der Waals surface area contributed by atoms with Gasteiger partial charge in [-0.05, 0) is 56.5 Å². The Morgan fingerprint density at radius 2 is 2.00 bits per heavy atom. The number of aromatic amines is 1. The molecule has 5 heteroatoms. The minimum absolute atomic E-state index is 0.0762. The molecule has 132 valence electrons. The van der Waals surface area contributed by atoms with Crippen molar-refractivity contribution < 1.29 is 4.79 Å². The molecule has 3 aromatic rings. The SMILES string of the molecule is Cc1cc(-c2ccc(C3(C)CCCNC3=O)c(=O)[nH]2)cc2ncccc12. The van der Waals surface area contributed by atoms with Gasteiger partial charge in [-0.3, -0.25) is 14.6 Å². The maximum atomic E-state index is 12.8. The molecule has 0 bridgehead atoms. The fourth-order valence-corrected chi connectivity index (χ4v) is 3.81. The van der Waals surface area contributed by atoms with Crippen LogP contribution in [0, 0.1) is 6.92 Å². The Kier molecular flexibility index (Phi) is 3.87. The van der Waals surface area contributed by atoms with Gasteiger partial charge in [0, 0.05) is 34.9 Å². The van der Waals surface area contributed by atoms with Crippen LogP contribution in [0.15, 0.2) is 47.4 Å². The van der Waals surface area contributed by atoms with E-state index in [0.717, 1.165) is 34.1 Å². The van der Waals surface area contributed by atoms with Crippen LogP contribution in [0.3, 0.4) is 0 Å². The predicted octanol–water partition coefficient (Wildman–Crippen LogP) is 3.07. The van der Waals surface area contributed by atoms with E-state index >= 15 is 0 Å². The van der Waals surface area contributed by atoms with Gasteiger partial charge in [0.25, 0.3) is 5.56 Å². The zero-order chi connectivity index (χ0) is 18.3. The van der Waals surface area contributed by atoms with Gasteiger partial charge >= 0.3 is 0 Å². The van der Waals surface area contributed by atoms with Crippen LogP contribution in [0.25, 0.3) is 22.2 Å². The van der Waals surface area contributed by atoms with Crippen LogP contribution < -0.4 is 10.9 Å². The van der Waals surface area contributed by atoms with Gasteiger partial charge in [0.05, 0.1) is 10.9 Å². The molecule has 2 aromatic heterocycles.